The first-order valence-corrected chi connectivity index (χ1v) is 8.27. The summed E-state index contributed by atoms with van der Waals surface area (Å²) < 4.78 is 5.48. The normalized spacial score (nSPS) is 25.6. The quantitative estimate of drug-likeness (QED) is 0.449. The molecule has 1 saturated carbocycles. The molecule has 1 fully saturated rings. The van der Waals surface area contributed by atoms with Gasteiger partial charge in [0.2, 0.25) is 0 Å². The summed E-state index contributed by atoms with van der Waals surface area (Å²) in [7, 11) is 0. The highest BCUT2D eigenvalue weighted by Crippen LogP contribution is 2.17. The van der Waals surface area contributed by atoms with Gasteiger partial charge in [-0.25, -0.2) is 0 Å². The molecule has 1 rings (SSSR count). The van der Waals surface area contributed by atoms with E-state index in [1.165, 1.54) is 12.8 Å². The Kier molecular flexibility index (Phi) is 9.44. The van der Waals surface area contributed by atoms with Crippen molar-refractivity contribution >= 4 is 0 Å². The van der Waals surface area contributed by atoms with E-state index in [1.54, 1.807) is 0 Å². The van der Waals surface area contributed by atoms with Crippen molar-refractivity contribution in [3.8, 4) is 0 Å². The maximum absolute atomic E-state index is 9.98. The molecule has 0 aromatic carbocycles. The van der Waals surface area contributed by atoms with E-state index in [2.05, 4.69) is 19.2 Å². The van der Waals surface area contributed by atoms with Crippen LogP contribution in [0.25, 0.3) is 0 Å². The van der Waals surface area contributed by atoms with Gasteiger partial charge in [-0.3, -0.25) is 0 Å². The molecule has 4 heteroatoms. The lowest BCUT2D eigenvalue weighted by molar-refractivity contribution is 0.0288. The van der Waals surface area contributed by atoms with Crippen molar-refractivity contribution in [2.45, 2.75) is 77.0 Å². The summed E-state index contributed by atoms with van der Waals surface area (Å²) in [5.74, 6) is 0.710. The Hall–Kier alpha value is -0.160. The fourth-order valence-electron chi connectivity index (χ4n) is 2.69. The Morgan fingerprint density at radius 1 is 1.20 bits per heavy atom. The van der Waals surface area contributed by atoms with Gasteiger partial charge < -0.3 is 20.3 Å². The Bertz CT molecular complexity index is 236. The highest BCUT2D eigenvalue weighted by Gasteiger charge is 2.21. The minimum absolute atomic E-state index is 0.132. The number of ether oxygens (including phenoxy) is 1. The van der Waals surface area contributed by atoms with Crippen molar-refractivity contribution in [3.05, 3.63) is 0 Å². The summed E-state index contributed by atoms with van der Waals surface area (Å²) >= 11 is 0. The summed E-state index contributed by atoms with van der Waals surface area (Å²) in [5.41, 5.74) is 0. The summed E-state index contributed by atoms with van der Waals surface area (Å²) in [6.07, 6.45) is 6.83. The van der Waals surface area contributed by atoms with E-state index in [-0.39, 0.29) is 12.1 Å². The molecule has 3 unspecified atom stereocenters. The van der Waals surface area contributed by atoms with Gasteiger partial charge in [-0.1, -0.05) is 33.1 Å². The van der Waals surface area contributed by atoms with E-state index in [1.807, 2.05) is 0 Å². The van der Waals surface area contributed by atoms with Gasteiger partial charge in [-0.05, 0) is 31.6 Å². The SMILES string of the molecule is CC(C)CCCOCC(O)CNC1CCCCCC1O. The van der Waals surface area contributed by atoms with Crippen molar-refractivity contribution in [3.63, 3.8) is 0 Å². The molecule has 0 aromatic rings. The van der Waals surface area contributed by atoms with E-state index in [0.29, 0.717) is 19.1 Å². The van der Waals surface area contributed by atoms with Gasteiger partial charge in [-0.2, -0.15) is 0 Å². The van der Waals surface area contributed by atoms with E-state index in [0.717, 1.165) is 38.7 Å². The number of aliphatic hydroxyl groups is 2. The van der Waals surface area contributed by atoms with Crippen molar-refractivity contribution in [2.24, 2.45) is 5.92 Å². The van der Waals surface area contributed by atoms with Gasteiger partial charge in [0.05, 0.1) is 18.8 Å². The van der Waals surface area contributed by atoms with Gasteiger partial charge in [-0.15, -0.1) is 0 Å². The Morgan fingerprint density at radius 2 is 1.95 bits per heavy atom. The van der Waals surface area contributed by atoms with Crippen molar-refractivity contribution in [1.82, 2.24) is 5.32 Å². The topological polar surface area (TPSA) is 61.7 Å². The highest BCUT2D eigenvalue weighted by atomic mass is 16.5. The third kappa shape index (κ3) is 8.20. The van der Waals surface area contributed by atoms with Crippen LogP contribution < -0.4 is 5.32 Å². The summed E-state index contributed by atoms with van der Waals surface area (Å²) in [6, 6.07) is 0.132. The largest absolute Gasteiger partial charge is 0.392 e. The summed E-state index contributed by atoms with van der Waals surface area (Å²) in [4.78, 5) is 0. The molecule has 4 nitrogen and oxygen atoms in total. The average molecular weight is 287 g/mol. The highest BCUT2D eigenvalue weighted by molar-refractivity contribution is 4.79. The minimum Gasteiger partial charge on any atom is -0.392 e. The van der Waals surface area contributed by atoms with Crippen LogP contribution in [0.5, 0.6) is 0 Å². The monoisotopic (exact) mass is 287 g/mol. The lowest BCUT2D eigenvalue weighted by Gasteiger charge is -2.23. The smallest absolute Gasteiger partial charge is 0.0897 e. The number of rotatable bonds is 9. The van der Waals surface area contributed by atoms with Crippen molar-refractivity contribution in [1.29, 1.82) is 0 Å². The molecule has 1 aliphatic rings. The molecule has 3 N–H and O–H groups in total. The van der Waals surface area contributed by atoms with Crippen LogP contribution in [0.2, 0.25) is 0 Å². The zero-order chi connectivity index (χ0) is 14.8. The zero-order valence-corrected chi connectivity index (χ0v) is 13.2. The summed E-state index contributed by atoms with van der Waals surface area (Å²) in [6.45, 7) is 6.02. The van der Waals surface area contributed by atoms with Crippen LogP contribution in [0.3, 0.4) is 0 Å². The lowest BCUT2D eigenvalue weighted by Crippen LogP contribution is -2.43. The third-order valence-corrected chi connectivity index (χ3v) is 3.98. The zero-order valence-electron chi connectivity index (χ0n) is 13.2. The van der Waals surface area contributed by atoms with Crippen molar-refractivity contribution < 1.29 is 14.9 Å². The van der Waals surface area contributed by atoms with Crippen LogP contribution in [0.15, 0.2) is 0 Å². The van der Waals surface area contributed by atoms with Gasteiger partial charge in [0, 0.05) is 19.2 Å². The fraction of sp³-hybridized carbons (Fsp3) is 1.00. The van der Waals surface area contributed by atoms with Crippen LogP contribution in [-0.2, 0) is 4.74 Å². The van der Waals surface area contributed by atoms with Crippen LogP contribution in [-0.4, -0.2) is 48.2 Å². The molecule has 0 aromatic heterocycles. The molecule has 0 spiro atoms. The lowest BCUT2D eigenvalue weighted by atomic mass is 10.1. The average Bonchev–Trinajstić information content (AvgIpc) is 2.60. The van der Waals surface area contributed by atoms with Gasteiger partial charge >= 0.3 is 0 Å². The van der Waals surface area contributed by atoms with Crippen LogP contribution in [0, 0.1) is 5.92 Å². The first-order chi connectivity index (χ1) is 9.59. The predicted octanol–water partition coefficient (Wildman–Crippen LogP) is 2.08. The molecule has 0 aliphatic heterocycles. The maximum atomic E-state index is 9.98. The standard InChI is InChI=1S/C16H33NO3/c1-13(2)7-6-10-20-12-14(18)11-17-15-8-4-3-5-9-16(15)19/h13-19H,3-12H2,1-2H3. The number of hydrogen-bond donors (Lipinski definition) is 3. The van der Waals surface area contributed by atoms with E-state index < -0.39 is 6.10 Å². The van der Waals surface area contributed by atoms with E-state index in [4.69, 9.17) is 4.74 Å². The van der Waals surface area contributed by atoms with Crippen LogP contribution >= 0.6 is 0 Å². The molecule has 0 bridgehead atoms. The van der Waals surface area contributed by atoms with Crippen LogP contribution in [0.1, 0.15) is 58.8 Å². The van der Waals surface area contributed by atoms with E-state index in [9.17, 15) is 10.2 Å². The second-order valence-electron chi connectivity index (χ2n) is 6.48. The molecular formula is C16H33NO3. The molecule has 0 saturated heterocycles. The predicted molar refractivity (Wildman–Crippen MR) is 81.8 cm³/mol. The van der Waals surface area contributed by atoms with Crippen molar-refractivity contribution in [2.75, 3.05) is 19.8 Å². The maximum Gasteiger partial charge on any atom is 0.0897 e. The number of aliphatic hydroxyl groups excluding tert-OH is 2. The molecular weight excluding hydrogens is 254 g/mol. The third-order valence-electron chi connectivity index (χ3n) is 3.98. The summed E-state index contributed by atoms with van der Waals surface area (Å²) in [5, 5.41) is 23.2. The molecule has 3 atom stereocenters. The number of nitrogens with one attached hydrogen (secondary N) is 1. The first-order valence-electron chi connectivity index (χ1n) is 8.27. The van der Waals surface area contributed by atoms with Gasteiger partial charge in [0.15, 0.2) is 0 Å². The molecule has 20 heavy (non-hydrogen) atoms. The second kappa shape index (κ2) is 10.6. The Balaban J connectivity index is 2.05. The minimum atomic E-state index is -0.482. The van der Waals surface area contributed by atoms with E-state index >= 15 is 0 Å². The van der Waals surface area contributed by atoms with Gasteiger partial charge in [0.1, 0.15) is 0 Å². The molecule has 0 heterocycles. The fourth-order valence-corrected chi connectivity index (χ4v) is 2.69. The molecule has 0 radical (unpaired) electrons. The Morgan fingerprint density at radius 3 is 2.70 bits per heavy atom. The molecule has 1 aliphatic carbocycles. The first kappa shape index (κ1) is 17.9. The molecule has 0 amide bonds. The van der Waals surface area contributed by atoms with Gasteiger partial charge in [0.25, 0.3) is 0 Å². The Labute approximate surface area is 123 Å². The second-order valence-corrected chi connectivity index (χ2v) is 6.48. The molecule has 120 valence electrons. The van der Waals surface area contributed by atoms with Crippen LogP contribution in [0.4, 0.5) is 0 Å². The number of hydrogen-bond acceptors (Lipinski definition) is 4.